The lowest BCUT2D eigenvalue weighted by Crippen LogP contribution is -2.29. The van der Waals surface area contributed by atoms with Gasteiger partial charge in [-0.05, 0) is 43.5 Å². The van der Waals surface area contributed by atoms with E-state index in [1.54, 1.807) is 12.1 Å². The summed E-state index contributed by atoms with van der Waals surface area (Å²) in [6, 6.07) is 21.9. The zero-order chi connectivity index (χ0) is 29.6. The maximum absolute atomic E-state index is 13.6. The molecule has 42 heavy (non-hydrogen) atoms. The summed E-state index contributed by atoms with van der Waals surface area (Å²) in [4.78, 5) is 28.5. The van der Waals surface area contributed by atoms with Gasteiger partial charge < -0.3 is 9.84 Å². The molecule has 1 aromatic heterocycles. The van der Waals surface area contributed by atoms with E-state index >= 15 is 0 Å². The number of carbonyl (C=O) groups excluding carboxylic acids is 2. The predicted molar refractivity (Wildman–Crippen MR) is 168 cm³/mol. The van der Waals surface area contributed by atoms with Crippen molar-refractivity contribution in [3.05, 3.63) is 106 Å². The van der Waals surface area contributed by atoms with E-state index in [9.17, 15) is 14.7 Å². The maximum Gasteiger partial charge on any atom is 0.301 e. The molecule has 9 heteroatoms. The zero-order valence-electron chi connectivity index (χ0n) is 23.9. The van der Waals surface area contributed by atoms with Crippen molar-refractivity contribution in [1.29, 1.82) is 0 Å². The van der Waals surface area contributed by atoms with Gasteiger partial charge in [-0.1, -0.05) is 115 Å². The molecule has 5 rings (SSSR count). The van der Waals surface area contributed by atoms with Crippen LogP contribution in [0.4, 0.5) is 5.13 Å². The summed E-state index contributed by atoms with van der Waals surface area (Å²) in [7, 11) is 0. The second-order valence-electron chi connectivity index (χ2n) is 10.3. The van der Waals surface area contributed by atoms with Gasteiger partial charge in [0.25, 0.3) is 5.78 Å². The van der Waals surface area contributed by atoms with Gasteiger partial charge in [-0.25, -0.2) is 0 Å². The number of nitrogens with zero attached hydrogens (tertiary/aromatic N) is 3. The van der Waals surface area contributed by atoms with Crippen LogP contribution in [0.5, 0.6) is 5.75 Å². The fraction of sp³-hybridized carbons (Fsp3) is 0.273. The van der Waals surface area contributed by atoms with Crippen LogP contribution in [-0.2, 0) is 15.3 Å². The van der Waals surface area contributed by atoms with Crippen LogP contribution in [0.3, 0.4) is 0 Å². The fourth-order valence-corrected chi connectivity index (χ4v) is 6.54. The SMILES string of the molecule is CCCCCOc1cccc(C2/C(=C(\O)c3ccc(C)cc3)C(=O)C(=O)N2c2nnc(SCc3ccc(C)cc3)s2)c1. The van der Waals surface area contributed by atoms with E-state index in [0.29, 0.717) is 38.7 Å². The number of ether oxygens (including phenoxy) is 1. The first-order valence-electron chi connectivity index (χ1n) is 14.0. The molecule has 7 nitrogen and oxygen atoms in total. The summed E-state index contributed by atoms with van der Waals surface area (Å²) in [5, 5.41) is 20.3. The first kappa shape index (κ1) is 29.5. The molecule has 0 spiro atoms. The van der Waals surface area contributed by atoms with Gasteiger partial charge in [-0.3, -0.25) is 14.5 Å². The molecule has 1 aliphatic heterocycles. The number of benzene rings is 3. The van der Waals surface area contributed by atoms with Crippen molar-refractivity contribution in [1.82, 2.24) is 10.2 Å². The smallest absolute Gasteiger partial charge is 0.301 e. The summed E-state index contributed by atoms with van der Waals surface area (Å²) in [5.74, 6) is -0.419. The van der Waals surface area contributed by atoms with Crippen molar-refractivity contribution in [2.75, 3.05) is 11.5 Å². The van der Waals surface area contributed by atoms with Crippen molar-refractivity contribution in [3.8, 4) is 5.75 Å². The van der Waals surface area contributed by atoms with Crippen molar-refractivity contribution < 1.29 is 19.4 Å². The van der Waals surface area contributed by atoms with E-state index in [-0.39, 0.29) is 11.3 Å². The molecule has 0 bridgehead atoms. The lowest BCUT2D eigenvalue weighted by molar-refractivity contribution is -0.132. The van der Waals surface area contributed by atoms with Gasteiger partial charge in [0.1, 0.15) is 11.5 Å². The quantitative estimate of drug-likeness (QED) is 0.0473. The lowest BCUT2D eigenvalue weighted by atomic mass is 9.95. The predicted octanol–water partition coefficient (Wildman–Crippen LogP) is 7.64. The van der Waals surface area contributed by atoms with Crippen LogP contribution in [0.15, 0.2) is 82.7 Å². The molecular formula is C33H33N3O4S2. The molecular weight excluding hydrogens is 567 g/mol. The third kappa shape index (κ3) is 6.58. The average Bonchev–Trinajstić information content (AvgIpc) is 3.57. The minimum atomic E-state index is -0.895. The Labute approximate surface area is 254 Å². The highest BCUT2D eigenvalue weighted by molar-refractivity contribution is 8.00. The van der Waals surface area contributed by atoms with E-state index in [2.05, 4.69) is 41.4 Å². The normalized spacial score (nSPS) is 16.3. The van der Waals surface area contributed by atoms with E-state index in [1.165, 1.54) is 33.6 Å². The van der Waals surface area contributed by atoms with Crippen molar-refractivity contribution in [2.45, 2.75) is 56.2 Å². The highest BCUT2D eigenvalue weighted by Crippen LogP contribution is 2.44. The molecule has 1 N–H and O–H groups in total. The number of aromatic nitrogens is 2. The number of anilines is 1. The van der Waals surface area contributed by atoms with Crippen molar-refractivity contribution in [3.63, 3.8) is 0 Å². The first-order chi connectivity index (χ1) is 20.4. The molecule has 1 fully saturated rings. The number of aliphatic hydroxyl groups is 1. The monoisotopic (exact) mass is 599 g/mol. The highest BCUT2D eigenvalue weighted by Gasteiger charge is 2.48. The Hall–Kier alpha value is -3.95. The van der Waals surface area contributed by atoms with E-state index in [0.717, 1.165) is 30.4 Å². The molecule has 0 saturated carbocycles. The number of hydrogen-bond acceptors (Lipinski definition) is 8. The molecule has 1 aliphatic rings. The van der Waals surface area contributed by atoms with Gasteiger partial charge in [0.2, 0.25) is 5.13 Å². The van der Waals surface area contributed by atoms with Gasteiger partial charge in [0.05, 0.1) is 18.2 Å². The Morgan fingerprint density at radius 1 is 0.976 bits per heavy atom. The maximum atomic E-state index is 13.6. The summed E-state index contributed by atoms with van der Waals surface area (Å²) in [6.45, 7) is 6.70. The molecule has 1 saturated heterocycles. The average molecular weight is 600 g/mol. The molecule has 4 aromatic rings. The number of rotatable bonds is 11. The Morgan fingerprint density at radius 3 is 2.40 bits per heavy atom. The minimum Gasteiger partial charge on any atom is -0.507 e. The van der Waals surface area contributed by atoms with Crippen LogP contribution >= 0.6 is 23.1 Å². The lowest BCUT2D eigenvalue weighted by Gasteiger charge is -2.23. The van der Waals surface area contributed by atoms with Crippen molar-refractivity contribution in [2.24, 2.45) is 0 Å². The van der Waals surface area contributed by atoms with Crippen LogP contribution in [0, 0.1) is 13.8 Å². The number of unbranched alkanes of at least 4 members (excludes halogenated alkanes) is 2. The number of aryl methyl sites for hydroxylation is 2. The Balaban J connectivity index is 1.51. The first-order valence-corrected chi connectivity index (χ1v) is 15.8. The molecule has 1 atom stereocenters. The standard InChI is InChI=1S/C33H33N3O4S2/c1-4-5-6-18-40-26-9-7-8-25(19-26)28-27(29(37)24-16-12-22(3)13-17-24)30(38)31(39)36(28)32-34-35-33(42-32)41-20-23-14-10-21(2)11-15-23/h7-17,19,28,37H,4-6,18,20H2,1-3H3/b29-27+. The molecule has 0 radical (unpaired) electrons. The van der Waals surface area contributed by atoms with Crippen molar-refractivity contribution >= 4 is 45.7 Å². The summed E-state index contributed by atoms with van der Waals surface area (Å²) in [5.41, 5.74) is 4.47. The molecule has 2 heterocycles. The number of carbonyl (C=O) groups is 2. The van der Waals surface area contributed by atoms with E-state index in [4.69, 9.17) is 4.74 Å². The summed E-state index contributed by atoms with van der Waals surface area (Å²) >= 11 is 2.77. The van der Waals surface area contributed by atoms with Gasteiger partial charge >= 0.3 is 5.91 Å². The number of thioether (sulfide) groups is 1. The second kappa shape index (κ2) is 13.4. The topological polar surface area (TPSA) is 92.6 Å². The summed E-state index contributed by atoms with van der Waals surface area (Å²) < 4.78 is 6.66. The molecule has 1 unspecified atom stereocenters. The summed E-state index contributed by atoms with van der Waals surface area (Å²) in [6.07, 6.45) is 3.09. The van der Waals surface area contributed by atoms with Gasteiger partial charge in [0, 0.05) is 11.3 Å². The number of Topliss-reactive ketones (excluding diaryl/α,β-unsaturated/α-hetero) is 1. The van der Waals surface area contributed by atoms with Crippen LogP contribution in [-0.4, -0.2) is 33.6 Å². The van der Waals surface area contributed by atoms with Gasteiger partial charge in [0.15, 0.2) is 4.34 Å². The zero-order valence-corrected chi connectivity index (χ0v) is 25.5. The van der Waals surface area contributed by atoms with Gasteiger partial charge in [-0.15, -0.1) is 10.2 Å². The van der Waals surface area contributed by atoms with Gasteiger partial charge in [-0.2, -0.15) is 0 Å². The van der Waals surface area contributed by atoms with Crippen LogP contribution < -0.4 is 9.64 Å². The molecule has 216 valence electrons. The number of aliphatic hydroxyl groups excluding tert-OH is 1. The molecule has 0 aliphatic carbocycles. The molecule has 3 aromatic carbocycles. The fourth-order valence-electron chi connectivity index (χ4n) is 4.72. The Bertz CT molecular complexity index is 1600. The van der Waals surface area contributed by atoms with Crippen LogP contribution in [0.25, 0.3) is 5.76 Å². The van der Waals surface area contributed by atoms with Crippen LogP contribution in [0.1, 0.15) is 60.0 Å². The van der Waals surface area contributed by atoms with E-state index < -0.39 is 17.7 Å². The Kier molecular flexibility index (Phi) is 9.39. The number of ketones is 1. The second-order valence-corrected chi connectivity index (χ2v) is 12.5. The minimum absolute atomic E-state index is 0.0102. The number of amides is 1. The third-order valence-corrected chi connectivity index (χ3v) is 9.17. The largest absolute Gasteiger partial charge is 0.507 e. The molecule has 1 amide bonds. The number of hydrogen-bond donors (Lipinski definition) is 1. The third-order valence-electron chi connectivity index (χ3n) is 7.04. The van der Waals surface area contributed by atoms with E-state index in [1.807, 2.05) is 50.2 Å². The highest BCUT2D eigenvalue weighted by atomic mass is 32.2. The Morgan fingerprint density at radius 2 is 1.69 bits per heavy atom. The van der Waals surface area contributed by atoms with Crippen LogP contribution in [0.2, 0.25) is 0 Å².